The highest BCUT2D eigenvalue weighted by Gasteiger charge is 2.07. The molecule has 0 fully saturated rings. The normalized spacial score (nSPS) is 10.2. The van der Waals surface area contributed by atoms with Crippen molar-refractivity contribution in [2.75, 3.05) is 5.32 Å². The van der Waals surface area contributed by atoms with E-state index in [1.807, 2.05) is 12.1 Å². The third-order valence-electron chi connectivity index (χ3n) is 3.95. The number of amides is 3. The van der Waals surface area contributed by atoms with Crippen LogP contribution >= 0.6 is 0 Å². The van der Waals surface area contributed by atoms with E-state index in [2.05, 4.69) is 20.9 Å². The van der Waals surface area contributed by atoms with Gasteiger partial charge in [0.1, 0.15) is 5.82 Å². The number of halogens is 1. The molecule has 0 saturated carbocycles. The molecule has 0 radical (unpaired) electrons. The monoisotopic (exact) mass is 378 g/mol. The minimum absolute atomic E-state index is 0.230. The number of urea groups is 1. The van der Waals surface area contributed by atoms with E-state index in [0.717, 1.165) is 5.56 Å². The predicted molar refractivity (Wildman–Crippen MR) is 104 cm³/mol. The first-order chi connectivity index (χ1) is 13.6. The van der Waals surface area contributed by atoms with Crippen molar-refractivity contribution in [3.63, 3.8) is 0 Å². The Morgan fingerprint density at radius 1 is 0.857 bits per heavy atom. The van der Waals surface area contributed by atoms with Gasteiger partial charge in [-0.3, -0.25) is 9.78 Å². The maximum atomic E-state index is 13.2. The molecule has 0 atom stereocenters. The van der Waals surface area contributed by atoms with E-state index in [9.17, 15) is 14.0 Å². The van der Waals surface area contributed by atoms with E-state index < -0.39 is 0 Å². The Kier molecular flexibility index (Phi) is 6.30. The molecular weight excluding hydrogens is 359 g/mol. The van der Waals surface area contributed by atoms with Crippen molar-refractivity contribution in [3.05, 3.63) is 95.6 Å². The van der Waals surface area contributed by atoms with Gasteiger partial charge in [-0.25, -0.2) is 9.18 Å². The maximum absolute atomic E-state index is 13.2. The zero-order valence-electron chi connectivity index (χ0n) is 15.0. The number of anilines is 1. The third-order valence-corrected chi connectivity index (χ3v) is 3.95. The molecule has 142 valence electrons. The number of nitrogens with zero attached hydrogens (tertiary/aromatic N) is 1. The van der Waals surface area contributed by atoms with Crippen molar-refractivity contribution < 1.29 is 14.0 Å². The standard InChI is InChI=1S/C21H19FN4O2/c22-18-3-1-2-16(12-18)14-24-20(27)17-4-6-19(7-5-17)26-21(28)25-13-15-8-10-23-11-9-15/h1-12H,13-14H2,(H,24,27)(H2,25,26,28). The quantitative estimate of drug-likeness (QED) is 0.614. The molecule has 3 aromatic rings. The van der Waals surface area contributed by atoms with Crippen molar-refractivity contribution in [3.8, 4) is 0 Å². The number of hydrogen-bond donors (Lipinski definition) is 3. The highest BCUT2D eigenvalue weighted by molar-refractivity contribution is 5.95. The lowest BCUT2D eigenvalue weighted by atomic mass is 10.1. The Morgan fingerprint density at radius 3 is 2.29 bits per heavy atom. The molecule has 0 bridgehead atoms. The van der Waals surface area contributed by atoms with Gasteiger partial charge in [0.25, 0.3) is 5.91 Å². The van der Waals surface area contributed by atoms with Gasteiger partial charge in [-0.15, -0.1) is 0 Å². The van der Waals surface area contributed by atoms with Crippen molar-refractivity contribution in [2.45, 2.75) is 13.1 Å². The van der Waals surface area contributed by atoms with Gasteiger partial charge in [0.2, 0.25) is 0 Å². The second-order valence-corrected chi connectivity index (χ2v) is 6.05. The Morgan fingerprint density at radius 2 is 1.57 bits per heavy atom. The number of nitrogens with one attached hydrogen (secondary N) is 3. The second-order valence-electron chi connectivity index (χ2n) is 6.05. The molecule has 3 rings (SSSR count). The smallest absolute Gasteiger partial charge is 0.319 e. The zero-order valence-corrected chi connectivity index (χ0v) is 15.0. The van der Waals surface area contributed by atoms with Gasteiger partial charge >= 0.3 is 6.03 Å². The summed E-state index contributed by atoms with van der Waals surface area (Å²) in [6, 6.07) is 15.8. The molecule has 0 saturated heterocycles. The van der Waals surface area contributed by atoms with Gasteiger partial charge in [0.15, 0.2) is 0 Å². The highest BCUT2D eigenvalue weighted by Crippen LogP contribution is 2.10. The number of carbonyl (C=O) groups is 2. The SMILES string of the molecule is O=C(NCc1ccncc1)Nc1ccc(C(=O)NCc2cccc(F)c2)cc1. The summed E-state index contributed by atoms with van der Waals surface area (Å²) < 4.78 is 13.2. The number of benzene rings is 2. The fraction of sp³-hybridized carbons (Fsp3) is 0.0952. The molecule has 3 amide bonds. The molecule has 3 N–H and O–H groups in total. The lowest BCUT2D eigenvalue weighted by Crippen LogP contribution is -2.28. The van der Waals surface area contributed by atoms with Crippen LogP contribution in [0.25, 0.3) is 0 Å². The van der Waals surface area contributed by atoms with Gasteiger partial charge in [0, 0.05) is 36.7 Å². The largest absolute Gasteiger partial charge is 0.348 e. The van der Waals surface area contributed by atoms with E-state index in [1.165, 1.54) is 12.1 Å². The minimum Gasteiger partial charge on any atom is -0.348 e. The predicted octanol–water partition coefficient (Wildman–Crippen LogP) is 3.47. The molecule has 0 aliphatic rings. The van der Waals surface area contributed by atoms with E-state index in [0.29, 0.717) is 23.4 Å². The Bertz CT molecular complexity index is 946. The first-order valence-corrected chi connectivity index (χ1v) is 8.66. The Hall–Kier alpha value is -3.74. The second kappa shape index (κ2) is 9.27. The summed E-state index contributed by atoms with van der Waals surface area (Å²) in [5.74, 6) is -0.623. The molecule has 2 aromatic carbocycles. The number of hydrogen-bond acceptors (Lipinski definition) is 3. The van der Waals surface area contributed by atoms with E-state index in [4.69, 9.17) is 0 Å². The van der Waals surface area contributed by atoms with Gasteiger partial charge in [0.05, 0.1) is 0 Å². The van der Waals surface area contributed by atoms with Crippen molar-refractivity contribution in [1.29, 1.82) is 0 Å². The van der Waals surface area contributed by atoms with Gasteiger partial charge in [-0.1, -0.05) is 12.1 Å². The van der Waals surface area contributed by atoms with Crippen LogP contribution in [-0.2, 0) is 13.1 Å². The van der Waals surface area contributed by atoms with Crippen LogP contribution < -0.4 is 16.0 Å². The minimum atomic E-state index is -0.347. The summed E-state index contributed by atoms with van der Waals surface area (Å²) in [4.78, 5) is 28.0. The van der Waals surface area contributed by atoms with Crippen LogP contribution in [0.4, 0.5) is 14.9 Å². The number of rotatable bonds is 6. The summed E-state index contributed by atoms with van der Waals surface area (Å²) >= 11 is 0. The van der Waals surface area contributed by atoms with Crippen LogP contribution in [0, 0.1) is 5.82 Å². The van der Waals surface area contributed by atoms with Crippen LogP contribution in [0.3, 0.4) is 0 Å². The fourth-order valence-corrected chi connectivity index (χ4v) is 2.49. The Labute approximate surface area is 161 Å². The molecule has 0 spiro atoms. The van der Waals surface area contributed by atoms with Crippen LogP contribution in [0.1, 0.15) is 21.5 Å². The maximum Gasteiger partial charge on any atom is 0.319 e. The fourth-order valence-electron chi connectivity index (χ4n) is 2.49. The van der Waals surface area contributed by atoms with E-state index >= 15 is 0 Å². The van der Waals surface area contributed by atoms with Gasteiger partial charge < -0.3 is 16.0 Å². The molecule has 7 heteroatoms. The summed E-state index contributed by atoms with van der Waals surface area (Å²) in [6.07, 6.45) is 3.32. The van der Waals surface area contributed by atoms with Crippen molar-refractivity contribution >= 4 is 17.6 Å². The van der Waals surface area contributed by atoms with Crippen LogP contribution in [0.5, 0.6) is 0 Å². The first-order valence-electron chi connectivity index (χ1n) is 8.66. The lowest BCUT2D eigenvalue weighted by Gasteiger charge is -2.09. The number of aromatic nitrogens is 1. The molecule has 1 heterocycles. The highest BCUT2D eigenvalue weighted by atomic mass is 19.1. The average molecular weight is 378 g/mol. The zero-order chi connectivity index (χ0) is 19.8. The summed E-state index contributed by atoms with van der Waals surface area (Å²) in [5.41, 5.74) is 2.63. The van der Waals surface area contributed by atoms with Gasteiger partial charge in [-0.05, 0) is 59.7 Å². The Balaban J connectivity index is 1.48. The summed E-state index contributed by atoms with van der Waals surface area (Å²) in [7, 11) is 0. The number of pyridine rings is 1. The van der Waals surface area contributed by atoms with Crippen molar-refractivity contribution in [1.82, 2.24) is 15.6 Å². The molecule has 28 heavy (non-hydrogen) atoms. The van der Waals surface area contributed by atoms with Crippen molar-refractivity contribution in [2.24, 2.45) is 0 Å². The van der Waals surface area contributed by atoms with Crippen LogP contribution in [0.15, 0.2) is 73.1 Å². The molecular formula is C21H19FN4O2. The molecule has 1 aromatic heterocycles. The van der Waals surface area contributed by atoms with Crippen LogP contribution in [0.2, 0.25) is 0 Å². The van der Waals surface area contributed by atoms with Crippen LogP contribution in [-0.4, -0.2) is 16.9 Å². The van der Waals surface area contributed by atoms with E-state index in [1.54, 1.807) is 48.8 Å². The summed E-state index contributed by atoms with van der Waals surface area (Å²) in [5, 5.41) is 8.17. The first kappa shape index (κ1) is 19.0. The lowest BCUT2D eigenvalue weighted by molar-refractivity contribution is 0.0951. The molecule has 0 aliphatic carbocycles. The summed E-state index contributed by atoms with van der Waals surface area (Å²) in [6.45, 7) is 0.614. The van der Waals surface area contributed by atoms with E-state index in [-0.39, 0.29) is 24.3 Å². The van der Waals surface area contributed by atoms with Gasteiger partial charge in [-0.2, -0.15) is 0 Å². The third kappa shape index (κ3) is 5.63. The average Bonchev–Trinajstić information content (AvgIpc) is 2.72. The molecule has 0 unspecified atom stereocenters. The molecule has 6 nitrogen and oxygen atoms in total. The number of carbonyl (C=O) groups excluding carboxylic acids is 2. The molecule has 0 aliphatic heterocycles. The topological polar surface area (TPSA) is 83.1 Å².